The maximum atomic E-state index is 13.3. The van der Waals surface area contributed by atoms with Gasteiger partial charge < -0.3 is 29.9 Å². The Bertz CT molecular complexity index is 1310. The number of hydrogen-bond donors (Lipinski definition) is 2. The van der Waals surface area contributed by atoms with Crippen molar-refractivity contribution in [3.05, 3.63) is 81.8 Å². The Morgan fingerprint density at radius 1 is 0.846 bits per heavy atom. The number of methoxy groups -OCH3 is 2. The Kier molecular flexibility index (Phi) is 9.92. The first-order valence-electron chi connectivity index (χ1n) is 12.7. The standard InChI is InChI=1S/C29H32Cl2N4O4/c1-38-17-5-12-32-29(37)22-19-21(33-28(36)20-8-10-23(30)24(31)18-20)9-11-25(22)34-13-15-35(16-14-34)26-6-3-4-7-27(26)39-2/h3-4,6-11,18-19H,5,12-17H2,1-2H3,(H,32,37)(H,33,36). The first kappa shape index (κ1) is 28.5. The first-order valence-corrected chi connectivity index (χ1v) is 13.5. The van der Waals surface area contributed by atoms with E-state index in [2.05, 4.69) is 26.5 Å². The monoisotopic (exact) mass is 570 g/mol. The second-order valence-corrected chi connectivity index (χ2v) is 9.88. The van der Waals surface area contributed by atoms with Crippen molar-refractivity contribution in [3.63, 3.8) is 0 Å². The molecule has 0 spiro atoms. The van der Waals surface area contributed by atoms with Gasteiger partial charge in [0.15, 0.2) is 0 Å². The minimum Gasteiger partial charge on any atom is -0.495 e. The molecule has 4 rings (SSSR count). The number of nitrogens with zero attached hydrogens (tertiary/aromatic N) is 2. The van der Waals surface area contributed by atoms with E-state index >= 15 is 0 Å². The van der Waals surface area contributed by atoms with Gasteiger partial charge in [-0.15, -0.1) is 0 Å². The molecule has 0 atom stereocenters. The van der Waals surface area contributed by atoms with Crippen LogP contribution in [0.1, 0.15) is 27.1 Å². The van der Waals surface area contributed by atoms with Crippen LogP contribution in [0.25, 0.3) is 0 Å². The molecule has 1 aliphatic heterocycles. The van der Waals surface area contributed by atoms with Gasteiger partial charge in [0, 0.05) is 63.4 Å². The molecule has 10 heteroatoms. The largest absolute Gasteiger partial charge is 0.495 e. The third kappa shape index (κ3) is 7.15. The van der Waals surface area contributed by atoms with Crippen LogP contribution >= 0.6 is 23.2 Å². The number of rotatable bonds is 10. The Morgan fingerprint density at radius 2 is 1.56 bits per heavy atom. The van der Waals surface area contributed by atoms with Crippen LogP contribution in [0.3, 0.4) is 0 Å². The van der Waals surface area contributed by atoms with E-state index < -0.39 is 0 Å². The Balaban J connectivity index is 1.53. The van der Waals surface area contributed by atoms with Gasteiger partial charge in [-0.3, -0.25) is 9.59 Å². The molecule has 0 saturated carbocycles. The molecule has 1 saturated heterocycles. The summed E-state index contributed by atoms with van der Waals surface area (Å²) in [6, 6.07) is 18.1. The summed E-state index contributed by atoms with van der Waals surface area (Å²) < 4.78 is 10.6. The summed E-state index contributed by atoms with van der Waals surface area (Å²) in [5.74, 6) is 0.279. The van der Waals surface area contributed by atoms with E-state index in [-0.39, 0.29) is 11.8 Å². The van der Waals surface area contributed by atoms with Gasteiger partial charge in [0.05, 0.1) is 28.4 Å². The normalized spacial score (nSPS) is 13.2. The van der Waals surface area contributed by atoms with E-state index in [1.807, 2.05) is 24.3 Å². The van der Waals surface area contributed by atoms with Crippen LogP contribution < -0.4 is 25.2 Å². The molecule has 2 N–H and O–H groups in total. The lowest BCUT2D eigenvalue weighted by atomic mass is 10.1. The number of halogens is 2. The van der Waals surface area contributed by atoms with E-state index in [1.54, 1.807) is 38.5 Å². The molecule has 0 unspecified atom stereocenters. The Hall–Kier alpha value is -3.46. The van der Waals surface area contributed by atoms with Crippen LogP contribution in [0.4, 0.5) is 17.1 Å². The maximum absolute atomic E-state index is 13.3. The highest BCUT2D eigenvalue weighted by Crippen LogP contribution is 2.31. The molecule has 0 radical (unpaired) electrons. The number of hydrogen-bond acceptors (Lipinski definition) is 6. The number of para-hydroxylation sites is 2. The third-order valence-corrected chi connectivity index (χ3v) is 7.28. The molecule has 3 aromatic carbocycles. The fourth-order valence-corrected chi connectivity index (χ4v) is 4.80. The first-order chi connectivity index (χ1) is 18.9. The highest BCUT2D eigenvalue weighted by atomic mass is 35.5. The molecule has 1 aliphatic rings. The predicted molar refractivity (Wildman–Crippen MR) is 157 cm³/mol. The number of carbonyl (C=O) groups excluding carboxylic acids is 2. The second-order valence-electron chi connectivity index (χ2n) is 9.06. The molecule has 8 nitrogen and oxygen atoms in total. The summed E-state index contributed by atoms with van der Waals surface area (Å²) >= 11 is 12.1. The van der Waals surface area contributed by atoms with Crippen molar-refractivity contribution in [2.24, 2.45) is 0 Å². The van der Waals surface area contributed by atoms with Crippen LogP contribution in [0.15, 0.2) is 60.7 Å². The topological polar surface area (TPSA) is 83.1 Å². The average Bonchev–Trinajstić information content (AvgIpc) is 2.96. The smallest absolute Gasteiger partial charge is 0.255 e. The molecule has 0 aliphatic carbocycles. The van der Waals surface area contributed by atoms with Crippen molar-refractivity contribution < 1.29 is 19.1 Å². The molecule has 0 bridgehead atoms. The van der Waals surface area contributed by atoms with E-state index in [0.29, 0.717) is 46.4 Å². The maximum Gasteiger partial charge on any atom is 0.255 e. The summed E-state index contributed by atoms with van der Waals surface area (Å²) in [6.45, 7) is 4.01. The van der Waals surface area contributed by atoms with Gasteiger partial charge in [-0.2, -0.15) is 0 Å². The molecule has 206 valence electrons. The zero-order chi connectivity index (χ0) is 27.8. The number of piperazine rings is 1. The molecule has 39 heavy (non-hydrogen) atoms. The lowest BCUT2D eigenvalue weighted by Gasteiger charge is -2.38. The molecular formula is C29H32Cl2N4O4. The fourth-order valence-electron chi connectivity index (χ4n) is 4.50. The second kappa shape index (κ2) is 13.6. The quantitative estimate of drug-likeness (QED) is 0.320. The third-order valence-electron chi connectivity index (χ3n) is 6.54. The van der Waals surface area contributed by atoms with Gasteiger partial charge >= 0.3 is 0 Å². The van der Waals surface area contributed by atoms with Crippen LogP contribution in [-0.4, -0.2) is 65.4 Å². The highest BCUT2D eigenvalue weighted by molar-refractivity contribution is 6.42. The van der Waals surface area contributed by atoms with Gasteiger partial charge in [0.25, 0.3) is 11.8 Å². The van der Waals surface area contributed by atoms with Gasteiger partial charge in [0.1, 0.15) is 5.75 Å². The molecule has 1 heterocycles. The van der Waals surface area contributed by atoms with Crippen molar-refractivity contribution in [3.8, 4) is 5.75 Å². The van der Waals surface area contributed by atoms with Crippen molar-refractivity contribution >= 4 is 52.1 Å². The van der Waals surface area contributed by atoms with Gasteiger partial charge in [-0.05, 0) is 55.0 Å². The van der Waals surface area contributed by atoms with E-state index in [4.69, 9.17) is 32.7 Å². The van der Waals surface area contributed by atoms with Gasteiger partial charge in [-0.1, -0.05) is 35.3 Å². The van der Waals surface area contributed by atoms with E-state index in [9.17, 15) is 9.59 Å². The molecule has 1 fully saturated rings. The minimum atomic E-state index is -0.349. The minimum absolute atomic E-state index is 0.209. The van der Waals surface area contributed by atoms with Crippen molar-refractivity contribution in [2.45, 2.75) is 6.42 Å². The Labute approximate surface area is 238 Å². The number of nitrogens with one attached hydrogen (secondary N) is 2. The summed E-state index contributed by atoms with van der Waals surface area (Å²) in [5.41, 5.74) is 3.23. The SMILES string of the molecule is COCCCNC(=O)c1cc(NC(=O)c2ccc(Cl)c(Cl)c2)ccc1N1CCN(c2ccccc2OC)CC1. The zero-order valence-electron chi connectivity index (χ0n) is 22.0. The molecule has 0 aromatic heterocycles. The number of carbonyl (C=O) groups is 2. The summed E-state index contributed by atoms with van der Waals surface area (Å²) in [6.07, 6.45) is 0.697. The average molecular weight is 572 g/mol. The van der Waals surface area contributed by atoms with E-state index in [0.717, 1.165) is 43.3 Å². The molecular weight excluding hydrogens is 539 g/mol. The summed E-state index contributed by atoms with van der Waals surface area (Å²) in [5, 5.41) is 6.50. The van der Waals surface area contributed by atoms with Gasteiger partial charge in [-0.25, -0.2) is 0 Å². The number of ether oxygens (including phenoxy) is 2. The van der Waals surface area contributed by atoms with Crippen molar-refractivity contribution in [1.29, 1.82) is 0 Å². The summed E-state index contributed by atoms with van der Waals surface area (Å²) in [4.78, 5) is 30.6. The predicted octanol–water partition coefficient (Wildman–Crippen LogP) is 5.35. The summed E-state index contributed by atoms with van der Waals surface area (Å²) in [7, 11) is 3.30. The lowest BCUT2D eigenvalue weighted by Crippen LogP contribution is -2.47. The van der Waals surface area contributed by atoms with Crippen molar-refractivity contribution in [2.75, 3.05) is 68.7 Å². The highest BCUT2D eigenvalue weighted by Gasteiger charge is 2.24. The Morgan fingerprint density at radius 3 is 2.26 bits per heavy atom. The van der Waals surface area contributed by atoms with E-state index in [1.165, 1.54) is 6.07 Å². The molecule has 2 amide bonds. The number of amides is 2. The fraction of sp³-hybridized carbons (Fsp3) is 0.310. The zero-order valence-corrected chi connectivity index (χ0v) is 23.5. The van der Waals surface area contributed by atoms with Crippen LogP contribution in [-0.2, 0) is 4.74 Å². The lowest BCUT2D eigenvalue weighted by molar-refractivity contribution is 0.0947. The van der Waals surface area contributed by atoms with Crippen LogP contribution in [0.5, 0.6) is 5.75 Å². The number of anilines is 3. The number of benzene rings is 3. The van der Waals surface area contributed by atoms with Crippen LogP contribution in [0, 0.1) is 0 Å². The van der Waals surface area contributed by atoms with Gasteiger partial charge in [0.2, 0.25) is 0 Å². The van der Waals surface area contributed by atoms with Crippen LogP contribution in [0.2, 0.25) is 10.0 Å². The van der Waals surface area contributed by atoms with Crippen molar-refractivity contribution in [1.82, 2.24) is 5.32 Å². The molecule has 3 aromatic rings.